The van der Waals surface area contributed by atoms with E-state index in [1.165, 1.54) is 11.1 Å². The summed E-state index contributed by atoms with van der Waals surface area (Å²) in [6, 6.07) is 19.1. The van der Waals surface area contributed by atoms with Crippen LogP contribution in [0.25, 0.3) is 0 Å². The van der Waals surface area contributed by atoms with Crippen LogP contribution in [0, 0.1) is 18.8 Å². The largest absolute Gasteiger partial charge is 0.287 e. The molecule has 0 saturated heterocycles. The summed E-state index contributed by atoms with van der Waals surface area (Å²) < 4.78 is 0. The van der Waals surface area contributed by atoms with Crippen LogP contribution in [0.2, 0.25) is 0 Å². The summed E-state index contributed by atoms with van der Waals surface area (Å²) in [7, 11) is 0. The third-order valence-corrected chi connectivity index (χ3v) is 3.70. The molecule has 0 aromatic heterocycles. The van der Waals surface area contributed by atoms with Crippen LogP contribution < -0.4 is 0 Å². The first-order valence-electron chi connectivity index (χ1n) is 7.61. The van der Waals surface area contributed by atoms with Crippen molar-refractivity contribution in [2.45, 2.75) is 26.8 Å². The molecule has 0 fully saturated rings. The Hall–Kier alpha value is -2.04. The molecule has 21 heavy (non-hydrogen) atoms. The van der Waals surface area contributed by atoms with Gasteiger partial charge in [-0.05, 0) is 37.7 Å². The number of benzene rings is 2. The van der Waals surface area contributed by atoms with Gasteiger partial charge in [0.2, 0.25) is 0 Å². The molecule has 2 aromatic carbocycles. The average Bonchev–Trinajstić information content (AvgIpc) is 2.53. The summed E-state index contributed by atoms with van der Waals surface area (Å²) in [5.41, 5.74) is 3.63. The highest BCUT2D eigenvalue weighted by Gasteiger charge is 2.14. The second-order valence-electron chi connectivity index (χ2n) is 5.17. The van der Waals surface area contributed by atoms with Crippen LogP contribution in [0.1, 0.15) is 36.6 Å². The lowest BCUT2D eigenvalue weighted by Gasteiger charge is -2.26. The van der Waals surface area contributed by atoms with Gasteiger partial charge in [-0.25, -0.2) is 0 Å². The molecule has 0 amide bonds. The predicted octanol–water partition coefficient (Wildman–Crippen LogP) is 4.43. The monoisotopic (exact) mass is 277 g/mol. The molecule has 1 heteroatoms. The molecular formula is C20H23N. The van der Waals surface area contributed by atoms with E-state index >= 15 is 0 Å². The molecule has 108 valence electrons. The van der Waals surface area contributed by atoms with E-state index < -0.39 is 0 Å². The maximum absolute atomic E-state index is 3.45. The third kappa shape index (κ3) is 4.21. The Morgan fingerprint density at radius 1 is 0.905 bits per heavy atom. The lowest BCUT2D eigenvalue weighted by atomic mass is 10.0. The number of nitrogens with zero attached hydrogens (tertiary/aromatic N) is 1. The molecular weight excluding hydrogens is 254 g/mol. The Morgan fingerprint density at radius 2 is 1.52 bits per heavy atom. The minimum Gasteiger partial charge on any atom is -0.287 e. The van der Waals surface area contributed by atoms with E-state index in [2.05, 4.69) is 73.9 Å². The minimum absolute atomic E-state index is 0.154. The van der Waals surface area contributed by atoms with Crippen molar-refractivity contribution in [2.75, 3.05) is 13.1 Å². The van der Waals surface area contributed by atoms with Gasteiger partial charge in [0.1, 0.15) is 0 Å². The Kier molecular flexibility index (Phi) is 5.60. The molecule has 0 aliphatic rings. The van der Waals surface area contributed by atoms with Crippen LogP contribution >= 0.6 is 0 Å². The summed E-state index contributed by atoms with van der Waals surface area (Å²) in [6.07, 6.45) is 0. The highest BCUT2D eigenvalue weighted by molar-refractivity contribution is 5.38. The molecule has 0 saturated carbocycles. The van der Waals surface area contributed by atoms with E-state index in [0.717, 1.165) is 18.7 Å². The molecule has 0 aliphatic heterocycles. The Bertz CT molecular complexity index is 598. The number of rotatable bonds is 4. The summed E-state index contributed by atoms with van der Waals surface area (Å²) >= 11 is 0. The normalized spacial score (nSPS) is 11.8. The fourth-order valence-corrected chi connectivity index (χ4v) is 2.40. The lowest BCUT2D eigenvalue weighted by molar-refractivity contribution is 0.264. The average molecular weight is 277 g/mol. The first kappa shape index (κ1) is 15.4. The van der Waals surface area contributed by atoms with Crippen molar-refractivity contribution in [3.05, 3.63) is 71.3 Å². The molecule has 2 rings (SSSR count). The number of aryl methyl sites for hydroxylation is 1. The van der Waals surface area contributed by atoms with E-state index in [1.807, 2.05) is 18.2 Å². The zero-order valence-corrected chi connectivity index (χ0v) is 13.1. The lowest BCUT2D eigenvalue weighted by Crippen LogP contribution is -2.27. The molecule has 2 aromatic rings. The second kappa shape index (κ2) is 7.67. The van der Waals surface area contributed by atoms with Gasteiger partial charge in [0.15, 0.2) is 0 Å². The van der Waals surface area contributed by atoms with E-state index in [4.69, 9.17) is 0 Å². The van der Waals surface area contributed by atoms with Crippen LogP contribution in [0.4, 0.5) is 0 Å². The third-order valence-electron chi connectivity index (χ3n) is 3.70. The maximum atomic E-state index is 3.45. The summed E-state index contributed by atoms with van der Waals surface area (Å²) in [5, 5.41) is 0. The van der Waals surface area contributed by atoms with Crippen molar-refractivity contribution >= 4 is 0 Å². The van der Waals surface area contributed by atoms with Crippen molar-refractivity contribution in [3.63, 3.8) is 0 Å². The fourth-order valence-electron chi connectivity index (χ4n) is 2.40. The van der Waals surface area contributed by atoms with Crippen molar-refractivity contribution in [1.29, 1.82) is 0 Å². The topological polar surface area (TPSA) is 3.24 Å². The predicted molar refractivity (Wildman–Crippen MR) is 90.2 cm³/mol. The minimum atomic E-state index is 0.154. The number of hydrogen-bond acceptors (Lipinski definition) is 1. The Morgan fingerprint density at radius 3 is 2.10 bits per heavy atom. The van der Waals surface area contributed by atoms with Gasteiger partial charge in [0.25, 0.3) is 0 Å². The van der Waals surface area contributed by atoms with Gasteiger partial charge >= 0.3 is 0 Å². The van der Waals surface area contributed by atoms with E-state index in [0.29, 0.717) is 0 Å². The molecule has 0 heterocycles. The van der Waals surface area contributed by atoms with E-state index in [9.17, 15) is 0 Å². The van der Waals surface area contributed by atoms with Crippen LogP contribution in [0.5, 0.6) is 0 Å². The van der Waals surface area contributed by atoms with Crippen molar-refractivity contribution in [2.24, 2.45) is 0 Å². The standard InChI is InChI=1S/C20H23N/c1-4-21(5-2)20(19-14-11-17(3)12-15-19)16-13-18-9-7-6-8-10-18/h6-12,14-15,20H,4-5H2,1-3H3. The van der Waals surface area contributed by atoms with Crippen LogP contribution in [0.15, 0.2) is 54.6 Å². The summed E-state index contributed by atoms with van der Waals surface area (Å²) in [6.45, 7) is 8.49. The summed E-state index contributed by atoms with van der Waals surface area (Å²) in [5.74, 6) is 6.76. The van der Waals surface area contributed by atoms with Gasteiger partial charge in [-0.1, -0.05) is 73.7 Å². The van der Waals surface area contributed by atoms with Gasteiger partial charge in [-0.3, -0.25) is 4.90 Å². The number of hydrogen-bond donors (Lipinski definition) is 0. The molecule has 0 aliphatic carbocycles. The van der Waals surface area contributed by atoms with Crippen LogP contribution in [0.3, 0.4) is 0 Å². The molecule has 1 atom stereocenters. The summed E-state index contributed by atoms with van der Waals surface area (Å²) in [4.78, 5) is 2.39. The fraction of sp³-hybridized carbons (Fsp3) is 0.300. The van der Waals surface area contributed by atoms with Crippen molar-refractivity contribution in [1.82, 2.24) is 4.90 Å². The molecule has 0 N–H and O–H groups in total. The van der Waals surface area contributed by atoms with Crippen molar-refractivity contribution < 1.29 is 0 Å². The van der Waals surface area contributed by atoms with Gasteiger partial charge in [0.05, 0.1) is 6.04 Å². The zero-order chi connectivity index (χ0) is 15.1. The van der Waals surface area contributed by atoms with Gasteiger partial charge in [-0.15, -0.1) is 0 Å². The molecule has 0 bridgehead atoms. The molecule has 0 radical (unpaired) electrons. The zero-order valence-electron chi connectivity index (χ0n) is 13.1. The van der Waals surface area contributed by atoms with Crippen molar-refractivity contribution in [3.8, 4) is 11.8 Å². The second-order valence-corrected chi connectivity index (χ2v) is 5.17. The first-order valence-corrected chi connectivity index (χ1v) is 7.61. The van der Waals surface area contributed by atoms with Gasteiger partial charge in [0, 0.05) is 5.56 Å². The van der Waals surface area contributed by atoms with E-state index in [1.54, 1.807) is 0 Å². The molecule has 1 unspecified atom stereocenters. The smallest absolute Gasteiger partial charge is 0.0974 e. The molecule has 0 spiro atoms. The van der Waals surface area contributed by atoms with Crippen LogP contribution in [-0.4, -0.2) is 18.0 Å². The Balaban J connectivity index is 2.33. The SMILES string of the molecule is CCN(CC)C(C#Cc1ccccc1)c1ccc(C)cc1. The Labute approximate surface area is 128 Å². The quantitative estimate of drug-likeness (QED) is 0.747. The molecule has 1 nitrogen and oxygen atoms in total. The highest BCUT2D eigenvalue weighted by atomic mass is 15.1. The van der Waals surface area contributed by atoms with Crippen LogP contribution in [-0.2, 0) is 0 Å². The van der Waals surface area contributed by atoms with E-state index in [-0.39, 0.29) is 6.04 Å². The highest BCUT2D eigenvalue weighted by Crippen LogP contribution is 2.20. The first-order chi connectivity index (χ1) is 10.2. The maximum Gasteiger partial charge on any atom is 0.0974 e. The van der Waals surface area contributed by atoms with Gasteiger partial charge in [-0.2, -0.15) is 0 Å². The van der Waals surface area contributed by atoms with Gasteiger partial charge < -0.3 is 0 Å².